The van der Waals surface area contributed by atoms with E-state index in [2.05, 4.69) is 15.4 Å². The Kier molecular flexibility index (Phi) is 8.00. The Morgan fingerprint density at radius 1 is 1.00 bits per heavy atom. The highest BCUT2D eigenvalue weighted by Crippen LogP contribution is 2.26. The van der Waals surface area contributed by atoms with E-state index in [4.69, 9.17) is 4.74 Å². The van der Waals surface area contributed by atoms with Gasteiger partial charge in [-0.1, -0.05) is 36.4 Å². The summed E-state index contributed by atoms with van der Waals surface area (Å²) in [6, 6.07) is 18.6. The van der Waals surface area contributed by atoms with Crippen LogP contribution >= 0.6 is 0 Å². The van der Waals surface area contributed by atoms with Crippen LogP contribution in [0.5, 0.6) is 0 Å². The standard InChI is InChI=1S/C27H27N3O6S/c1-2-36-27(33)20-9-6-10-21(16-20)28-26(32)24(15-18-7-4-3-5-8-18)30-37(34,35)22-12-13-23-19(17-22)11-14-25(31)29-23/h3-10,12-13,16-17,24,30H,2,11,14-15H2,1H3,(H,28,32)(H,29,31)/t24-/m0/s1. The maximum atomic E-state index is 13.3. The number of rotatable bonds is 9. The van der Waals surface area contributed by atoms with Crippen LogP contribution in [-0.4, -0.2) is 38.9 Å². The van der Waals surface area contributed by atoms with Crippen molar-refractivity contribution >= 4 is 39.2 Å². The summed E-state index contributed by atoms with van der Waals surface area (Å²) < 4.78 is 34.2. The molecule has 37 heavy (non-hydrogen) atoms. The van der Waals surface area contributed by atoms with Gasteiger partial charge in [0.05, 0.1) is 17.1 Å². The van der Waals surface area contributed by atoms with Crippen LogP contribution in [0.25, 0.3) is 0 Å². The third kappa shape index (κ3) is 6.60. The summed E-state index contributed by atoms with van der Waals surface area (Å²) in [7, 11) is -4.09. The van der Waals surface area contributed by atoms with Crippen molar-refractivity contribution in [3.8, 4) is 0 Å². The van der Waals surface area contributed by atoms with Crippen molar-refractivity contribution in [2.24, 2.45) is 0 Å². The number of amides is 2. The number of nitrogens with one attached hydrogen (secondary N) is 3. The number of anilines is 2. The summed E-state index contributed by atoms with van der Waals surface area (Å²) >= 11 is 0. The van der Waals surface area contributed by atoms with E-state index in [9.17, 15) is 22.8 Å². The molecule has 3 aromatic rings. The lowest BCUT2D eigenvalue weighted by atomic mass is 10.0. The number of aryl methyl sites for hydroxylation is 1. The highest BCUT2D eigenvalue weighted by atomic mass is 32.2. The van der Waals surface area contributed by atoms with E-state index in [-0.39, 0.29) is 35.8 Å². The van der Waals surface area contributed by atoms with Gasteiger partial charge in [-0.25, -0.2) is 13.2 Å². The van der Waals surface area contributed by atoms with Gasteiger partial charge in [0.2, 0.25) is 21.8 Å². The van der Waals surface area contributed by atoms with Gasteiger partial charge in [0.25, 0.3) is 0 Å². The van der Waals surface area contributed by atoms with Crippen LogP contribution in [0.4, 0.5) is 11.4 Å². The first kappa shape index (κ1) is 26.1. The number of hydrogen-bond acceptors (Lipinski definition) is 6. The zero-order valence-corrected chi connectivity index (χ0v) is 21.0. The lowest BCUT2D eigenvalue weighted by Gasteiger charge is -2.21. The Hall–Kier alpha value is -4.02. The first-order valence-electron chi connectivity index (χ1n) is 11.8. The third-order valence-electron chi connectivity index (χ3n) is 5.82. The minimum absolute atomic E-state index is 0.00225. The molecule has 0 unspecified atom stereocenters. The second-order valence-corrected chi connectivity index (χ2v) is 10.2. The largest absolute Gasteiger partial charge is 0.462 e. The number of sulfonamides is 1. The van der Waals surface area contributed by atoms with Crippen molar-refractivity contribution in [2.75, 3.05) is 17.2 Å². The molecule has 0 spiro atoms. The van der Waals surface area contributed by atoms with Crippen LogP contribution in [0, 0.1) is 0 Å². The normalized spacial score (nSPS) is 13.7. The summed E-state index contributed by atoms with van der Waals surface area (Å²) in [5, 5.41) is 5.43. The molecular formula is C27H27N3O6S. The summed E-state index contributed by atoms with van der Waals surface area (Å²) in [6.07, 6.45) is 0.799. The summed E-state index contributed by atoms with van der Waals surface area (Å²) in [5.41, 5.74) is 2.65. The number of carbonyl (C=O) groups is 3. The second-order valence-electron chi connectivity index (χ2n) is 8.52. The zero-order chi connectivity index (χ0) is 26.4. The topological polar surface area (TPSA) is 131 Å². The first-order valence-corrected chi connectivity index (χ1v) is 13.3. The molecular weight excluding hydrogens is 494 g/mol. The number of hydrogen-bond donors (Lipinski definition) is 3. The minimum Gasteiger partial charge on any atom is -0.462 e. The fourth-order valence-electron chi connectivity index (χ4n) is 3.99. The van der Waals surface area contributed by atoms with E-state index < -0.39 is 27.9 Å². The Balaban J connectivity index is 1.58. The van der Waals surface area contributed by atoms with Gasteiger partial charge in [0.1, 0.15) is 6.04 Å². The van der Waals surface area contributed by atoms with Gasteiger partial charge in [-0.3, -0.25) is 9.59 Å². The number of esters is 1. The summed E-state index contributed by atoms with van der Waals surface area (Å²) in [6.45, 7) is 1.91. The SMILES string of the molecule is CCOC(=O)c1cccc(NC(=O)[C@H](Cc2ccccc2)NS(=O)(=O)c2ccc3c(c2)CCC(=O)N3)c1. The second kappa shape index (κ2) is 11.4. The maximum Gasteiger partial charge on any atom is 0.338 e. The Morgan fingerprint density at radius 2 is 1.78 bits per heavy atom. The molecule has 1 aliphatic rings. The number of carbonyl (C=O) groups excluding carboxylic acids is 3. The van der Waals surface area contributed by atoms with Gasteiger partial charge in [0, 0.05) is 17.8 Å². The van der Waals surface area contributed by atoms with E-state index in [0.717, 1.165) is 5.56 Å². The lowest BCUT2D eigenvalue weighted by molar-refractivity contribution is -0.118. The Bertz CT molecular complexity index is 1420. The van der Waals surface area contributed by atoms with Crippen LogP contribution in [-0.2, 0) is 37.2 Å². The quantitative estimate of drug-likeness (QED) is 0.371. The molecule has 0 aliphatic carbocycles. The van der Waals surface area contributed by atoms with E-state index in [1.54, 1.807) is 55.5 Å². The van der Waals surface area contributed by atoms with Gasteiger partial charge >= 0.3 is 5.97 Å². The van der Waals surface area contributed by atoms with Crippen LogP contribution < -0.4 is 15.4 Å². The first-order chi connectivity index (χ1) is 17.7. The molecule has 9 nitrogen and oxygen atoms in total. The molecule has 0 aromatic heterocycles. The molecule has 0 fully saturated rings. The molecule has 3 aromatic carbocycles. The molecule has 1 atom stereocenters. The van der Waals surface area contributed by atoms with E-state index in [1.165, 1.54) is 18.2 Å². The van der Waals surface area contributed by atoms with Gasteiger partial charge in [-0.05, 0) is 67.3 Å². The fraction of sp³-hybridized carbons (Fsp3) is 0.222. The highest BCUT2D eigenvalue weighted by Gasteiger charge is 2.28. The number of ether oxygens (including phenoxy) is 1. The average Bonchev–Trinajstić information content (AvgIpc) is 2.88. The van der Waals surface area contributed by atoms with Crippen molar-refractivity contribution < 1.29 is 27.5 Å². The number of benzene rings is 3. The number of fused-ring (bicyclic) bond motifs is 1. The fourth-order valence-corrected chi connectivity index (χ4v) is 5.23. The molecule has 1 heterocycles. The molecule has 10 heteroatoms. The van der Waals surface area contributed by atoms with E-state index in [1.807, 2.05) is 6.07 Å². The molecule has 0 saturated carbocycles. The van der Waals surface area contributed by atoms with Gasteiger partial charge in [-0.15, -0.1) is 0 Å². The van der Waals surface area contributed by atoms with Crippen molar-refractivity contribution in [3.05, 3.63) is 89.5 Å². The molecule has 1 aliphatic heterocycles. The van der Waals surface area contributed by atoms with Gasteiger partial charge in [0.15, 0.2) is 0 Å². The third-order valence-corrected chi connectivity index (χ3v) is 7.29. The molecule has 0 radical (unpaired) electrons. The molecule has 4 rings (SSSR count). The zero-order valence-electron chi connectivity index (χ0n) is 20.2. The predicted molar refractivity (Wildman–Crippen MR) is 139 cm³/mol. The average molecular weight is 522 g/mol. The smallest absolute Gasteiger partial charge is 0.338 e. The minimum atomic E-state index is -4.09. The van der Waals surface area contributed by atoms with E-state index in [0.29, 0.717) is 23.4 Å². The Labute approximate surface area is 215 Å². The summed E-state index contributed by atoms with van der Waals surface area (Å²) in [4.78, 5) is 37.0. The molecule has 2 amide bonds. The molecule has 0 bridgehead atoms. The van der Waals surface area contributed by atoms with Crippen LogP contribution in [0.2, 0.25) is 0 Å². The molecule has 0 saturated heterocycles. The van der Waals surface area contributed by atoms with Crippen molar-refractivity contribution in [3.63, 3.8) is 0 Å². The monoisotopic (exact) mass is 521 g/mol. The highest BCUT2D eigenvalue weighted by molar-refractivity contribution is 7.89. The van der Waals surface area contributed by atoms with Crippen LogP contribution in [0.1, 0.15) is 34.8 Å². The maximum absolute atomic E-state index is 13.3. The van der Waals surface area contributed by atoms with Crippen molar-refractivity contribution in [1.82, 2.24) is 4.72 Å². The summed E-state index contributed by atoms with van der Waals surface area (Å²) in [5.74, 6) is -1.23. The van der Waals surface area contributed by atoms with E-state index >= 15 is 0 Å². The lowest BCUT2D eigenvalue weighted by Crippen LogP contribution is -2.45. The van der Waals surface area contributed by atoms with Gasteiger partial charge < -0.3 is 15.4 Å². The predicted octanol–water partition coefficient (Wildman–Crippen LogP) is 3.28. The molecule has 192 valence electrons. The van der Waals surface area contributed by atoms with Crippen molar-refractivity contribution in [1.29, 1.82) is 0 Å². The van der Waals surface area contributed by atoms with Crippen LogP contribution in [0.3, 0.4) is 0 Å². The van der Waals surface area contributed by atoms with Gasteiger partial charge in [-0.2, -0.15) is 4.72 Å². The van der Waals surface area contributed by atoms with Crippen LogP contribution in [0.15, 0.2) is 77.7 Å². The Morgan fingerprint density at radius 3 is 2.54 bits per heavy atom. The molecule has 3 N–H and O–H groups in total. The van der Waals surface area contributed by atoms with Crippen molar-refractivity contribution in [2.45, 2.75) is 37.1 Å².